The second-order valence-corrected chi connectivity index (χ2v) is 12.1. The first kappa shape index (κ1) is 26.0. The zero-order valence-electron chi connectivity index (χ0n) is 23.0. The van der Waals surface area contributed by atoms with Crippen LogP contribution in [-0.4, -0.2) is 41.9 Å². The Morgan fingerprint density at radius 1 is 0.947 bits per heavy atom. The van der Waals surface area contributed by atoms with Crippen molar-refractivity contribution < 1.29 is 14.1 Å². The predicted molar refractivity (Wildman–Crippen MR) is 149 cm³/mol. The van der Waals surface area contributed by atoms with Crippen LogP contribution in [0.2, 0.25) is 0 Å². The third-order valence-corrected chi connectivity index (χ3v) is 8.53. The normalized spacial score (nSPS) is 18.2. The Balaban J connectivity index is 1.28. The lowest BCUT2D eigenvalue weighted by Crippen LogP contribution is -2.48. The molecule has 1 amide bonds. The lowest BCUT2D eigenvalue weighted by atomic mass is 9.62. The maximum atomic E-state index is 13.2. The van der Waals surface area contributed by atoms with Gasteiger partial charge in [0.2, 0.25) is 0 Å². The van der Waals surface area contributed by atoms with Gasteiger partial charge in [0.1, 0.15) is 11.4 Å². The number of nitro groups is 1. The maximum absolute atomic E-state index is 13.2. The highest BCUT2D eigenvalue weighted by Gasteiger charge is 2.37. The van der Waals surface area contributed by atoms with Crippen LogP contribution < -0.4 is 4.90 Å². The van der Waals surface area contributed by atoms with Gasteiger partial charge in [-0.1, -0.05) is 52.0 Å². The maximum Gasteiger partial charge on any atom is 0.292 e. The first-order valence-corrected chi connectivity index (χ1v) is 13.5. The first-order valence-electron chi connectivity index (χ1n) is 13.5. The Bertz CT molecular complexity index is 1380. The molecule has 0 saturated carbocycles. The Morgan fingerprint density at radius 2 is 1.58 bits per heavy atom. The number of hydrogen-bond donors (Lipinski definition) is 0. The van der Waals surface area contributed by atoms with Crippen LogP contribution >= 0.6 is 0 Å². The molecule has 0 bridgehead atoms. The molecule has 5 rings (SSSR count). The van der Waals surface area contributed by atoms with Crippen molar-refractivity contribution in [2.45, 2.75) is 64.7 Å². The van der Waals surface area contributed by atoms with Crippen molar-refractivity contribution in [3.05, 3.63) is 92.4 Å². The van der Waals surface area contributed by atoms with Crippen LogP contribution in [0.4, 0.5) is 11.4 Å². The van der Waals surface area contributed by atoms with Gasteiger partial charge in [0.15, 0.2) is 5.76 Å². The number of benzene rings is 2. The molecule has 38 heavy (non-hydrogen) atoms. The van der Waals surface area contributed by atoms with Crippen molar-refractivity contribution in [2.75, 3.05) is 31.1 Å². The van der Waals surface area contributed by atoms with E-state index in [4.69, 9.17) is 4.42 Å². The van der Waals surface area contributed by atoms with Crippen LogP contribution in [-0.2, 0) is 17.3 Å². The molecular formula is C31H37N3O4. The summed E-state index contributed by atoms with van der Waals surface area (Å²) in [6.45, 7) is 13.5. The molecule has 3 aromatic rings. The summed E-state index contributed by atoms with van der Waals surface area (Å²) < 4.78 is 6.06. The second kappa shape index (κ2) is 9.61. The molecule has 1 aliphatic heterocycles. The number of amides is 1. The SMILES string of the molecule is Cc1cc2c(cc1Cc1ccc(C(=O)N3CCN(c4ccccc4[N+](=O)[O-])CC3)o1)C(C)(C)CCC2(C)C. The van der Waals surface area contributed by atoms with E-state index in [1.807, 2.05) is 11.0 Å². The summed E-state index contributed by atoms with van der Waals surface area (Å²) in [7, 11) is 0. The molecule has 2 aliphatic rings. The highest BCUT2D eigenvalue weighted by molar-refractivity contribution is 5.91. The summed E-state index contributed by atoms with van der Waals surface area (Å²) in [5.74, 6) is 0.988. The number of fused-ring (bicyclic) bond motifs is 1. The average molecular weight is 516 g/mol. The number of anilines is 1. The van der Waals surface area contributed by atoms with Gasteiger partial charge in [-0.3, -0.25) is 14.9 Å². The van der Waals surface area contributed by atoms with Crippen LogP contribution in [0.25, 0.3) is 0 Å². The third kappa shape index (κ3) is 4.82. The molecule has 0 N–H and O–H groups in total. The van der Waals surface area contributed by atoms with Gasteiger partial charge in [-0.15, -0.1) is 0 Å². The minimum atomic E-state index is -0.358. The molecule has 0 spiro atoms. The van der Waals surface area contributed by atoms with Gasteiger partial charge in [-0.25, -0.2) is 0 Å². The molecule has 1 saturated heterocycles. The van der Waals surface area contributed by atoms with Crippen LogP contribution in [0.1, 0.15) is 79.1 Å². The van der Waals surface area contributed by atoms with E-state index in [2.05, 4.69) is 46.8 Å². The molecule has 2 aromatic carbocycles. The fourth-order valence-corrected chi connectivity index (χ4v) is 5.93. The zero-order valence-corrected chi connectivity index (χ0v) is 23.0. The summed E-state index contributed by atoms with van der Waals surface area (Å²) in [5.41, 5.74) is 6.36. The molecular weight excluding hydrogens is 478 g/mol. The van der Waals surface area contributed by atoms with Crippen molar-refractivity contribution in [3.8, 4) is 0 Å². The van der Waals surface area contributed by atoms with Crippen molar-refractivity contribution in [1.29, 1.82) is 0 Å². The monoisotopic (exact) mass is 515 g/mol. The fraction of sp³-hybridized carbons (Fsp3) is 0.452. The number of nitro benzene ring substituents is 1. The lowest BCUT2D eigenvalue weighted by Gasteiger charge is -2.42. The number of hydrogen-bond acceptors (Lipinski definition) is 5. The van der Waals surface area contributed by atoms with E-state index in [0.717, 1.165) is 5.76 Å². The molecule has 7 heteroatoms. The van der Waals surface area contributed by atoms with Crippen molar-refractivity contribution in [1.82, 2.24) is 4.90 Å². The third-order valence-electron chi connectivity index (χ3n) is 8.53. The molecule has 2 heterocycles. The van der Waals surface area contributed by atoms with Crippen LogP contribution in [0.15, 0.2) is 52.9 Å². The molecule has 0 atom stereocenters. The summed E-state index contributed by atoms with van der Waals surface area (Å²) in [6.07, 6.45) is 3.00. The van der Waals surface area contributed by atoms with E-state index in [1.165, 1.54) is 41.2 Å². The lowest BCUT2D eigenvalue weighted by molar-refractivity contribution is -0.384. The average Bonchev–Trinajstić information content (AvgIpc) is 3.36. The molecule has 1 aliphatic carbocycles. The van der Waals surface area contributed by atoms with Crippen LogP contribution in [0, 0.1) is 17.0 Å². The van der Waals surface area contributed by atoms with Crippen molar-refractivity contribution in [2.24, 2.45) is 0 Å². The zero-order chi connectivity index (χ0) is 27.2. The van der Waals surface area contributed by atoms with Gasteiger partial charge in [-0.05, 0) is 71.0 Å². The molecule has 1 aromatic heterocycles. The number of piperazine rings is 1. The van der Waals surface area contributed by atoms with E-state index >= 15 is 0 Å². The molecule has 1 fully saturated rings. The van der Waals surface area contributed by atoms with Gasteiger partial charge >= 0.3 is 0 Å². The topological polar surface area (TPSA) is 79.8 Å². The summed E-state index contributed by atoms with van der Waals surface area (Å²) in [6, 6.07) is 15.1. The van der Waals surface area contributed by atoms with E-state index in [0.29, 0.717) is 44.0 Å². The highest BCUT2D eigenvalue weighted by atomic mass is 16.6. The van der Waals surface area contributed by atoms with Gasteiger partial charge in [0.05, 0.1) is 4.92 Å². The summed E-state index contributed by atoms with van der Waals surface area (Å²) in [4.78, 5) is 28.0. The summed E-state index contributed by atoms with van der Waals surface area (Å²) in [5, 5.41) is 11.4. The van der Waals surface area contributed by atoms with Crippen LogP contribution in [0.5, 0.6) is 0 Å². The van der Waals surface area contributed by atoms with Crippen LogP contribution in [0.3, 0.4) is 0 Å². The van der Waals surface area contributed by atoms with E-state index in [9.17, 15) is 14.9 Å². The largest absolute Gasteiger partial charge is 0.456 e. The number of para-hydroxylation sites is 2. The number of nitrogens with zero attached hydrogens (tertiary/aromatic N) is 3. The molecule has 0 unspecified atom stereocenters. The Labute approximate surface area is 224 Å². The molecule has 200 valence electrons. The van der Waals surface area contributed by atoms with Gasteiger partial charge in [0.25, 0.3) is 11.6 Å². The minimum absolute atomic E-state index is 0.0902. The number of aryl methyl sites for hydroxylation is 1. The van der Waals surface area contributed by atoms with E-state index in [1.54, 1.807) is 29.2 Å². The minimum Gasteiger partial charge on any atom is -0.456 e. The Morgan fingerprint density at radius 3 is 2.24 bits per heavy atom. The first-order chi connectivity index (χ1) is 18.0. The van der Waals surface area contributed by atoms with E-state index in [-0.39, 0.29) is 27.3 Å². The Kier molecular flexibility index (Phi) is 6.58. The smallest absolute Gasteiger partial charge is 0.292 e. The van der Waals surface area contributed by atoms with Gasteiger partial charge < -0.3 is 14.2 Å². The second-order valence-electron chi connectivity index (χ2n) is 12.1. The predicted octanol–water partition coefficient (Wildman–Crippen LogP) is 6.40. The fourth-order valence-electron chi connectivity index (χ4n) is 5.93. The molecule has 7 nitrogen and oxygen atoms in total. The Hall–Kier alpha value is -3.61. The number of carbonyl (C=O) groups is 1. The standard InChI is InChI=1S/C31H37N3O4/c1-21-18-24-25(31(4,5)13-12-30(24,2)3)20-22(21)19-23-10-11-28(38-23)29(35)33-16-14-32(15-17-33)26-8-6-7-9-27(26)34(36)37/h6-11,18,20H,12-17,19H2,1-5H3. The van der Waals surface area contributed by atoms with E-state index < -0.39 is 0 Å². The summed E-state index contributed by atoms with van der Waals surface area (Å²) >= 11 is 0. The number of furan rings is 1. The highest BCUT2D eigenvalue weighted by Crippen LogP contribution is 2.46. The van der Waals surface area contributed by atoms with Crippen molar-refractivity contribution in [3.63, 3.8) is 0 Å². The number of carbonyl (C=O) groups excluding carboxylic acids is 1. The van der Waals surface area contributed by atoms with Gasteiger partial charge in [0, 0.05) is 38.7 Å². The van der Waals surface area contributed by atoms with Crippen molar-refractivity contribution >= 4 is 17.3 Å². The number of rotatable bonds is 5. The molecule has 0 radical (unpaired) electrons. The quantitative estimate of drug-likeness (QED) is 0.290. The van der Waals surface area contributed by atoms with Gasteiger partial charge in [-0.2, -0.15) is 0 Å².